The van der Waals surface area contributed by atoms with E-state index in [1.807, 2.05) is 0 Å². The highest BCUT2D eigenvalue weighted by Gasteiger charge is 2.06. The topological polar surface area (TPSA) is 37.3 Å². The van der Waals surface area contributed by atoms with Crippen LogP contribution in [0.15, 0.2) is 0 Å². The fourth-order valence-electron chi connectivity index (χ4n) is 0.716. The molecular formula is C13H16O2Si. The minimum absolute atomic E-state index is 0.164. The zero-order valence-corrected chi connectivity index (χ0v) is 11.0. The highest BCUT2D eigenvalue weighted by molar-refractivity contribution is 6.83. The summed E-state index contributed by atoms with van der Waals surface area (Å²) >= 11 is 0. The van der Waals surface area contributed by atoms with Crippen molar-refractivity contribution in [1.29, 1.82) is 0 Å². The highest BCUT2D eigenvalue weighted by atomic mass is 28.3. The predicted molar refractivity (Wildman–Crippen MR) is 68.2 cm³/mol. The first-order chi connectivity index (χ1) is 7.42. The van der Waals surface area contributed by atoms with Gasteiger partial charge in [0.2, 0.25) is 0 Å². The van der Waals surface area contributed by atoms with Gasteiger partial charge in [-0.2, -0.15) is 0 Å². The first-order valence-electron chi connectivity index (χ1n) is 5.13. The summed E-state index contributed by atoms with van der Waals surface area (Å²) in [5.41, 5.74) is 3.11. The van der Waals surface area contributed by atoms with Gasteiger partial charge in [-0.05, 0) is 30.1 Å². The number of hydrogen-bond acceptors (Lipinski definition) is 1. The summed E-state index contributed by atoms with van der Waals surface area (Å²) in [4.78, 5) is 10.2. The van der Waals surface area contributed by atoms with Gasteiger partial charge in [-0.1, -0.05) is 25.6 Å². The van der Waals surface area contributed by atoms with Gasteiger partial charge in [0.25, 0.3) is 0 Å². The average molecular weight is 232 g/mol. The fraction of sp³-hybridized carbons (Fsp3) is 0.462. The molecule has 0 saturated carbocycles. The van der Waals surface area contributed by atoms with Crippen molar-refractivity contribution >= 4 is 14.0 Å². The van der Waals surface area contributed by atoms with E-state index in [0.29, 0.717) is 12.8 Å². The lowest BCUT2D eigenvalue weighted by molar-refractivity contribution is -0.137. The number of carbonyl (C=O) groups is 1. The fourth-order valence-corrected chi connectivity index (χ4v) is 1.15. The summed E-state index contributed by atoms with van der Waals surface area (Å²) in [5, 5.41) is 8.37. The van der Waals surface area contributed by atoms with Crippen LogP contribution in [0.25, 0.3) is 0 Å². The zero-order valence-electron chi connectivity index (χ0n) is 9.98. The van der Waals surface area contributed by atoms with Crippen LogP contribution in [0.2, 0.25) is 19.6 Å². The molecule has 1 N–H and O–H groups in total. The summed E-state index contributed by atoms with van der Waals surface area (Å²) < 4.78 is 0. The van der Waals surface area contributed by atoms with Crippen LogP contribution >= 0.6 is 0 Å². The van der Waals surface area contributed by atoms with Crippen molar-refractivity contribution in [2.45, 2.75) is 38.9 Å². The normalized spacial score (nSPS) is 8.69. The van der Waals surface area contributed by atoms with Crippen LogP contribution in [0.4, 0.5) is 0 Å². The molecule has 0 aliphatic heterocycles. The van der Waals surface area contributed by atoms with Gasteiger partial charge in [-0.25, -0.2) is 0 Å². The molecule has 0 aliphatic rings. The molecule has 0 aromatic carbocycles. The first-order valence-corrected chi connectivity index (χ1v) is 8.63. The Kier molecular flexibility index (Phi) is 6.85. The van der Waals surface area contributed by atoms with Crippen LogP contribution in [-0.2, 0) is 4.79 Å². The molecule has 0 spiro atoms. The molecule has 3 heteroatoms. The quantitative estimate of drug-likeness (QED) is 0.460. The summed E-state index contributed by atoms with van der Waals surface area (Å²) in [6.45, 7) is 6.46. The maximum absolute atomic E-state index is 10.2. The van der Waals surface area contributed by atoms with Crippen LogP contribution in [0.5, 0.6) is 0 Å². The van der Waals surface area contributed by atoms with E-state index in [9.17, 15) is 4.79 Å². The highest BCUT2D eigenvalue weighted by Crippen LogP contribution is 1.95. The van der Waals surface area contributed by atoms with Crippen LogP contribution in [0, 0.1) is 35.1 Å². The third-order valence-corrected chi connectivity index (χ3v) is 2.28. The summed E-state index contributed by atoms with van der Waals surface area (Å²) in [6, 6.07) is 0. The average Bonchev–Trinajstić information content (AvgIpc) is 2.13. The van der Waals surface area contributed by atoms with E-state index < -0.39 is 14.0 Å². The van der Waals surface area contributed by atoms with Crippen molar-refractivity contribution in [1.82, 2.24) is 0 Å². The molecule has 0 saturated heterocycles. The lowest BCUT2D eigenvalue weighted by atomic mass is 10.2. The second kappa shape index (κ2) is 7.63. The Morgan fingerprint density at radius 1 is 1.12 bits per heavy atom. The van der Waals surface area contributed by atoms with E-state index >= 15 is 0 Å². The molecule has 0 rings (SSSR count). The molecule has 0 heterocycles. The monoisotopic (exact) mass is 232 g/mol. The Labute approximate surface area is 98.5 Å². The molecule has 0 radical (unpaired) electrons. The third kappa shape index (κ3) is 12.4. The summed E-state index contributed by atoms with van der Waals surface area (Å²) in [7, 11) is -1.33. The van der Waals surface area contributed by atoms with Crippen molar-refractivity contribution in [3.8, 4) is 35.1 Å². The summed E-state index contributed by atoms with van der Waals surface area (Å²) in [6.07, 6.45) is 1.31. The lowest BCUT2D eigenvalue weighted by Gasteiger charge is -2.01. The summed E-state index contributed by atoms with van der Waals surface area (Å²) in [5.74, 6) is 12.8. The van der Waals surface area contributed by atoms with E-state index in [-0.39, 0.29) is 6.42 Å². The number of carboxylic acid groups (broad SMARTS) is 1. The maximum Gasteiger partial charge on any atom is 0.303 e. The molecule has 84 valence electrons. The Morgan fingerprint density at radius 2 is 1.75 bits per heavy atom. The second-order valence-electron chi connectivity index (χ2n) is 4.30. The van der Waals surface area contributed by atoms with Gasteiger partial charge in [0.05, 0.1) is 0 Å². The standard InChI is InChI=1S/C13H16O2Si/c1-16(2,3)12-10-8-6-4-5-7-9-11-13(14)15/h7,9,11H2,1-3H3,(H,14,15). The largest absolute Gasteiger partial charge is 0.481 e. The minimum atomic E-state index is -1.33. The lowest BCUT2D eigenvalue weighted by Crippen LogP contribution is -2.16. The van der Waals surface area contributed by atoms with Crippen molar-refractivity contribution < 1.29 is 9.90 Å². The second-order valence-corrected chi connectivity index (χ2v) is 9.05. The molecule has 0 amide bonds. The molecule has 0 aliphatic carbocycles. The molecule has 2 nitrogen and oxygen atoms in total. The molecule has 0 fully saturated rings. The Hall–Kier alpha value is -1.63. The number of carboxylic acids is 1. The van der Waals surface area contributed by atoms with E-state index in [1.165, 1.54) is 0 Å². The van der Waals surface area contributed by atoms with Crippen molar-refractivity contribution in [3.05, 3.63) is 0 Å². The van der Waals surface area contributed by atoms with E-state index in [2.05, 4.69) is 54.8 Å². The Bertz CT molecular complexity index is 411. The van der Waals surface area contributed by atoms with Gasteiger partial charge in [-0.15, -0.1) is 5.54 Å². The SMILES string of the molecule is C[Si](C)(C)C#CC#CC#CCCCC(=O)O. The molecule has 0 unspecified atom stereocenters. The number of rotatable bonds is 3. The Balaban J connectivity index is 3.88. The van der Waals surface area contributed by atoms with Crippen LogP contribution in [0.3, 0.4) is 0 Å². The van der Waals surface area contributed by atoms with Gasteiger partial charge in [0.1, 0.15) is 8.07 Å². The molecule has 0 aromatic rings. The maximum atomic E-state index is 10.2. The molecule has 0 atom stereocenters. The van der Waals surface area contributed by atoms with Crippen molar-refractivity contribution in [2.75, 3.05) is 0 Å². The smallest absolute Gasteiger partial charge is 0.303 e. The number of hydrogen-bond donors (Lipinski definition) is 1. The van der Waals surface area contributed by atoms with Crippen LogP contribution in [0.1, 0.15) is 19.3 Å². The molecule has 16 heavy (non-hydrogen) atoms. The van der Waals surface area contributed by atoms with E-state index in [4.69, 9.17) is 5.11 Å². The van der Waals surface area contributed by atoms with Crippen molar-refractivity contribution in [3.63, 3.8) is 0 Å². The predicted octanol–water partition coefficient (Wildman–Crippen LogP) is 2.13. The van der Waals surface area contributed by atoms with E-state index in [0.717, 1.165) is 0 Å². The zero-order chi connectivity index (χ0) is 12.4. The van der Waals surface area contributed by atoms with Gasteiger partial charge in [-0.3, -0.25) is 4.79 Å². The van der Waals surface area contributed by atoms with Crippen LogP contribution < -0.4 is 0 Å². The van der Waals surface area contributed by atoms with Gasteiger partial charge >= 0.3 is 5.97 Å². The van der Waals surface area contributed by atoms with Crippen molar-refractivity contribution in [2.24, 2.45) is 0 Å². The minimum Gasteiger partial charge on any atom is -0.481 e. The van der Waals surface area contributed by atoms with Gasteiger partial charge in [0.15, 0.2) is 0 Å². The van der Waals surface area contributed by atoms with Gasteiger partial charge in [0, 0.05) is 12.8 Å². The van der Waals surface area contributed by atoms with Gasteiger partial charge < -0.3 is 5.11 Å². The third-order valence-electron chi connectivity index (χ3n) is 1.41. The van der Waals surface area contributed by atoms with E-state index in [1.54, 1.807) is 0 Å². The molecule has 0 aromatic heterocycles. The Morgan fingerprint density at radius 3 is 2.31 bits per heavy atom. The molecule has 0 bridgehead atoms. The first kappa shape index (κ1) is 14.4. The molecular weight excluding hydrogens is 216 g/mol. The number of unbranched alkanes of at least 4 members (excludes halogenated alkanes) is 1. The number of aliphatic carboxylic acids is 1. The van der Waals surface area contributed by atoms with Crippen LogP contribution in [-0.4, -0.2) is 19.1 Å².